The van der Waals surface area contributed by atoms with Crippen LogP contribution in [-0.4, -0.2) is 41.8 Å². The quantitative estimate of drug-likeness (QED) is 0.661. The molecule has 7 nitrogen and oxygen atoms in total. The normalized spacial score (nSPS) is 10.4. The van der Waals surface area contributed by atoms with E-state index in [-0.39, 0.29) is 18.4 Å². The van der Waals surface area contributed by atoms with Gasteiger partial charge < -0.3 is 15.4 Å². The molecule has 1 aromatic heterocycles. The highest BCUT2D eigenvalue weighted by Crippen LogP contribution is 2.26. The van der Waals surface area contributed by atoms with Crippen molar-refractivity contribution in [2.75, 3.05) is 20.2 Å². The number of carbonyl (C=O) groups is 2. The van der Waals surface area contributed by atoms with Crippen LogP contribution in [-0.2, 0) is 4.79 Å². The molecule has 0 bridgehead atoms. The summed E-state index contributed by atoms with van der Waals surface area (Å²) in [5.74, 6) is 0.0564. The molecule has 0 aliphatic rings. The number of aromatic nitrogens is 2. The van der Waals surface area contributed by atoms with Crippen LogP contribution in [0.2, 0.25) is 0 Å². The summed E-state index contributed by atoms with van der Waals surface area (Å²) in [4.78, 5) is 24.5. The topological polar surface area (TPSA) is 85.3 Å². The standard InChI is InChI=1S/C21H22N4O3/c1-3-22-19(26)13-23-21(27)18-14-25(16-9-5-4-6-10-16)24-20(18)15-8-7-11-17(12-15)28-2/h4-12,14H,3,13H2,1-2H3,(H,22,26)(H,23,27). The highest BCUT2D eigenvalue weighted by Gasteiger charge is 2.19. The van der Waals surface area contributed by atoms with Crippen LogP contribution in [0.3, 0.4) is 0 Å². The Kier molecular flexibility index (Phi) is 6.06. The molecule has 28 heavy (non-hydrogen) atoms. The van der Waals surface area contributed by atoms with E-state index in [9.17, 15) is 9.59 Å². The summed E-state index contributed by atoms with van der Waals surface area (Å²) < 4.78 is 6.93. The Labute approximate surface area is 163 Å². The summed E-state index contributed by atoms with van der Waals surface area (Å²) in [6.45, 7) is 2.24. The number of amides is 2. The number of likely N-dealkylation sites (N-methyl/N-ethyl adjacent to an activating group) is 1. The molecule has 7 heteroatoms. The summed E-state index contributed by atoms with van der Waals surface area (Å²) >= 11 is 0. The predicted octanol–water partition coefficient (Wildman–Crippen LogP) is 2.41. The first kappa shape index (κ1) is 19.2. The molecule has 3 rings (SSSR count). The average Bonchev–Trinajstić information content (AvgIpc) is 3.18. The number of rotatable bonds is 7. The third-order valence-corrected chi connectivity index (χ3v) is 4.11. The first-order chi connectivity index (χ1) is 13.6. The van der Waals surface area contributed by atoms with Crippen molar-refractivity contribution in [3.63, 3.8) is 0 Å². The van der Waals surface area contributed by atoms with E-state index in [1.165, 1.54) is 0 Å². The van der Waals surface area contributed by atoms with E-state index in [1.807, 2.05) is 61.5 Å². The molecule has 0 aliphatic heterocycles. The van der Waals surface area contributed by atoms with Crippen LogP contribution >= 0.6 is 0 Å². The first-order valence-electron chi connectivity index (χ1n) is 8.96. The fraction of sp³-hybridized carbons (Fsp3) is 0.190. The average molecular weight is 378 g/mol. The number of hydrogen-bond donors (Lipinski definition) is 2. The van der Waals surface area contributed by atoms with Gasteiger partial charge in [-0.15, -0.1) is 0 Å². The van der Waals surface area contributed by atoms with Crippen LogP contribution in [0.25, 0.3) is 16.9 Å². The molecule has 0 saturated heterocycles. The largest absolute Gasteiger partial charge is 0.497 e. The van der Waals surface area contributed by atoms with Crippen LogP contribution in [0.4, 0.5) is 0 Å². The second kappa shape index (κ2) is 8.85. The number of para-hydroxylation sites is 1. The van der Waals surface area contributed by atoms with Gasteiger partial charge in [0.05, 0.1) is 24.9 Å². The fourth-order valence-electron chi connectivity index (χ4n) is 2.75. The van der Waals surface area contributed by atoms with E-state index in [1.54, 1.807) is 18.0 Å². The number of methoxy groups -OCH3 is 1. The van der Waals surface area contributed by atoms with E-state index < -0.39 is 0 Å². The van der Waals surface area contributed by atoms with E-state index in [2.05, 4.69) is 15.7 Å². The van der Waals surface area contributed by atoms with Crippen LogP contribution in [0.1, 0.15) is 17.3 Å². The summed E-state index contributed by atoms with van der Waals surface area (Å²) in [5.41, 5.74) is 2.46. The third-order valence-electron chi connectivity index (χ3n) is 4.11. The Hall–Kier alpha value is -3.61. The van der Waals surface area contributed by atoms with Gasteiger partial charge in [0.2, 0.25) is 5.91 Å². The lowest BCUT2D eigenvalue weighted by Crippen LogP contribution is -2.36. The molecule has 1 heterocycles. The van der Waals surface area contributed by atoms with Gasteiger partial charge in [0, 0.05) is 18.3 Å². The van der Waals surface area contributed by atoms with Gasteiger partial charge in [-0.1, -0.05) is 30.3 Å². The van der Waals surface area contributed by atoms with Crippen molar-refractivity contribution in [3.8, 4) is 22.7 Å². The molecule has 0 atom stereocenters. The number of carbonyl (C=O) groups excluding carboxylic acids is 2. The van der Waals surface area contributed by atoms with Crippen LogP contribution in [0.15, 0.2) is 60.8 Å². The zero-order valence-electron chi connectivity index (χ0n) is 15.8. The van der Waals surface area contributed by atoms with Crippen molar-refractivity contribution in [1.29, 1.82) is 0 Å². The first-order valence-corrected chi connectivity index (χ1v) is 8.96. The van der Waals surface area contributed by atoms with Gasteiger partial charge in [0.25, 0.3) is 5.91 Å². The molecule has 0 fully saturated rings. The second-order valence-corrected chi connectivity index (χ2v) is 6.04. The number of hydrogen-bond acceptors (Lipinski definition) is 4. The molecular formula is C21H22N4O3. The predicted molar refractivity (Wildman–Crippen MR) is 107 cm³/mol. The van der Waals surface area contributed by atoms with Gasteiger partial charge in [-0.05, 0) is 31.2 Å². The van der Waals surface area contributed by atoms with Crippen LogP contribution < -0.4 is 15.4 Å². The Morgan fingerprint density at radius 2 is 1.86 bits per heavy atom. The van der Waals surface area contributed by atoms with Crippen molar-refractivity contribution in [3.05, 3.63) is 66.4 Å². The lowest BCUT2D eigenvalue weighted by Gasteiger charge is -2.06. The monoisotopic (exact) mass is 378 g/mol. The third kappa shape index (κ3) is 4.37. The number of nitrogens with one attached hydrogen (secondary N) is 2. The summed E-state index contributed by atoms with van der Waals surface area (Å²) in [5, 5.41) is 9.92. The molecule has 0 saturated carbocycles. The van der Waals surface area contributed by atoms with Crippen molar-refractivity contribution >= 4 is 11.8 Å². The maximum atomic E-state index is 12.8. The lowest BCUT2D eigenvalue weighted by atomic mass is 10.1. The molecule has 2 aromatic carbocycles. The van der Waals surface area contributed by atoms with Gasteiger partial charge in [-0.2, -0.15) is 5.10 Å². The highest BCUT2D eigenvalue weighted by molar-refractivity contribution is 6.01. The maximum absolute atomic E-state index is 12.8. The molecule has 2 amide bonds. The molecular weight excluding hydrogens is 356 g/mol. The molecule has 0 aliphatic carbocycles. The lowest BCUT2D eigenvalue weighted by molar-refractivity contribution is -0.120. The minimum Gasteiger partial charge on any atom is -0.497 e. The van der Waals surface area contributed by atoms with E-state index in [0.717, 1.165) is 11.3 Å². The van der Waals surface area contributed by atoms with Crippen LogP contribution in [0, 0.1) is 0 Å². The van der Waals surface area contributed by atoms with Gasteiger partial charge in [0.1, 0.15) is 11.4 Å². The second-order valence-electron chi connectivity index (χ2n) is 6.04. The molecule has 0 radical (unpaired) electrons. The van der Waals surface area contributed by atoms with Gasteiger partial charge in [-0.3, -0.25) is 9.59 Å². The van der Waals surface area contributed by atoms with E-state index in [0.29, 0.717) is 23.6 Å². The van der Waals surface area contributed by atoms with E-state index in [4.69, 9.17) is 4.74 Å². The number of nitrogens with zero attached hydrogens (tertiary/aromatic N) is 2. The molecule has 144 valence electrons. The molecule has 0 spiro atoms. The van der Waals surface area contributed by atoms with Crippen LogP contribution in [0.5, 0.6) is 5.75 Å². The summed E-state index contributed by atoms with van der Waals surface area (Å²) in [6, 6.07) is 16.9. The van der Waals surface area contributed by atoms with Crippen molar-refractivity contribution in [1.82, 2.24) is 20.4 Å². The van der Waals surface area contributed by atoms with Crippen molar-refractivity contribution < 1.29 is 14.3 Å². The maximum Gasteiger partial charge on any atom is 0.255 e. The minimum atomic E-state index is -0.369. The number of benzene rings is 2. The van der Waals surface area contributed by atoms with Gasteiger partial charge >= 0.3 is 0 Å². The Bertz CT molecular complexity index is 967. The molecule has 3 aromatic rings. The zero-order valence-corrected chi connectivity index (χ0v) is 15.8. The smallest absolute Gasteiger partial charge is 0.255 e. The Balaban J connectivity index is 1.97. The fourth-order valence-corrected chi connectivity index (χ4v) is 2.75. The van der Waals surface area contributed by atoms with Gasteiger partial charge in [-0.25, -0.2) is 4.68 Å². The summed E-state index contributed by atoms with van der Waals surface area (Å²) in [7, 11) is 1.58. The number of ether oxygens (including phenoxy) is 1. The Morgan fingerprint density at radius 3 is 2.57 bits per heavy atom. The summed E-state index contributed by atoms with van der Waals surface area (Å²) in [6.07, 6.45) is 1.66. The van der Waals surface area contributed by atoms with Gasteiger partial charge in [0.15, 0.2) is 0 Å². The Morgan fingerprint density at radius 1 is 1.07 bits per heavy atom. The molecule has 0 unspecified atom stereocenters. The van der Waals surface area contributed by atoms with Crippen molar-refractivity contribution in [2.45, 2.75) is 6.92 Å². The highest BCUT2D eigenvalue weighted by atomic mass is 16.5. The zero-order chi connectivity index (χ0) is 19.9. The SMILES string of the molecule is CCNC(=O)CNC(=O)c1cn(-c2ccccc2)nc1-c1cccc(OC)c1. The molecule has 2 N–H and O–H groups in total. The van der Waals surface area contributed by atoms with Crippen molar-refractivity contribution in [2.24, 2.45) is 0 Å². The van der Waals surface area contributed by atoms with E-state index >= 15 is 0 Å². The minimum absolute atomic E-state index is 0.0965.